The SMILES string of the molecule is Clc1ccc(CSc2nc3ccc(Cl)cc3n2-c2ccc(Cl)cc2)cc1. The maximum Gasteiger partial charge on any atom is 0.174 e. The first kappa shape index (κ1) is 17.7. The predicted octanol–water partition coefficient (Wildman–Crippen LogP) is 7.28. The number of thioether (sulfide) groups is 1. The molecule has 130 valence electrons. The van der Waals surface area contributed by atoms with Gasteiger partial charge in [-0.2, -0.15) is 0 Å². The summed E-state index contributed by atoms with van der Waals surface area (Å²) in [6, 6.07) is 21.3. The molecule has 0 N–H and O–H groups in total. The van der Waals surface area contributed by atoms with Gasteiger partial charge in [0.2, 0.25) is 0 Å². The van der Waals surface area contributed by atoms with Crippen LogP contribution < -0.4 is 0 Å². The first-order valence-electron chi connectivity index (χ1n) is 7.91. The standard InChI is InChI=1S/C20H13Cl3N2S/c21-14-3-1-13(2-4-14)12-26-20-24-18-10-7-16(23)11-19(18)25(20)17-8-5-15(22)6-9-17/h1-11H,12H2. The fourth-order valence-corrected chi connectivity index (χ4v) is 4.09. The average molecular weight is 420 g/mol. The zero-order chi connectivity index (χ0) is 18.1. The van der Waals surface area contributed by atoms with Crippen LogP contribution in [0.15, 0.2) is 71.9 Å². The minimum Gasteiger partial charge on any atom is -0.287 e. The zero-order valence-corrected chi connectivity index (χ0v) is 16.6. The molecule has 0 bridgehead atoms. The molecule has 0 spiro atoms. The first-order valence-corrected chi connectivity index (χ1v) is 10.0. The van der Waals surface area contributed by atoms with Gasteiger partial charge >= 0.3 is 0 Å². The highest BCUT2D eigenvalue weighted by Crippen LogP contribution is 2.32. The second-order valence-electron chi connectivity index (χ2n) is 5.75. The summed E-state index contributed by atoms with van der Waals surface area (Å²) in [5.41, 5.74) is 4.06. The Morgan fingerprint density at radius 3 is 2.08 bits per heavy atom. The predicted molar refractivity (Wildman–Crippen MR) is 112 cm³/mol. The minimum absolute atomic E-state index is 0.682. The smallest absolute Gasteiger partial charge is 0.174 e. The third-order valence-corrected chi connectivity index (χ3v) is 5.70. The van der Waals surface area contributed by atoms with E-state index >= 15 is 0 Å². The van der Waals surface area contributed by atoms with E-state index in [1.165, 1.54) is 5.56 Å². The number of imidazole rings is 1. The van der Waals surface area contributed by atoms with E-state index in [0.717, 1.165) is 32.7 Å². The van der Waals surface area contributed by atoms with Crippen LogP contribution in [0.3, 0.4) is 0 Å². The highest BCUT2D eigenvalue weighted by molar-refractivity contribution is 7.98. The van der Waals surface area contributed by atoms with Crippen LogP contribution in [-0.2, 0) is 5.75 Å². The Bertz CT molecular complexity index is 1060. The topological polar surface area (TPSA) is 17.8 Å². The molecule has 0 saturated heterocycles. The fourth-order valence-electron chi connectivity index (χ4n) is 2.69. The molecule has 6 heteroatoms. The number of aromatic nitrogens is 2. The van der Waals surface area contributed by atoms with Crippen molar-refractivity contribution < 1.29 is 0 Å². The molecule has 0 amide bonds. The van der Waals surface area contributed by atoms with Gasteiger partial charge in [0, 0.05) is 26.5 Å². The van der Waals surface area contributed by atoms with Gasteiger partial charge in [0.05, 0.1) is 11.0 Å². The summed E-state index contributed by atoms with van der Waals surface area (Å²) in [6.45, 7) is 0. The van der Waals surface area contributed by atoms with Gasteiger partial charge in [0.1, 0.15) is 0 Å². The van der Waals surface area contributed by atoms with Crippen LogP contribution in [0.5, 0.6) is 0 Å². The summed E-state index contributed by atoms with van der Waals surface area (Å²) in [4.78, 5) is 4.79. The normalized spacial score (nSPS) is 11.2. The van der Waals surface area contributed by atoms with Gasteiger partial charge in [0.25, 0.3) is 0 Å². The van der Waals surface area contributed by atoms with E-state index in [4.69, 9.17) is 39.8 Å². The lowest BCUT2D eigenvalue weighted by Gasteiger charge is -2.09. The van der Waals surface area contributed by atoms with Crippen LogP contribution in [0.2, 0.25) is 15.1 Å². The number of hydrogen-bond acceptors (Lipinski definition) is 2. The molecule has 0 aliphatic rings. The van der Waals surface area contributed by atoms with Crippen molar-refractivity contribution in [2.75, 3.05) is 0 Å². The summed E-state index contributed by atoms with van der Waals surface area (Å²) in [5.74, 6) is 0.793. The first-order chi connectivity index (χ1) is 12.6. The lowest BCUT2D eigenvalue weighted by atomic mass is 10.2. The van der Waals surface area contributed by atoms with Crippen LogP contribution >= 0.6 is 46.6 Å². The largest absolute Gasteiger partial charge is 0.287 e. The number of fused-ring (bicyclic) bond motifs is 1. The molecule has 0 aliphatic heterocycles. The highest BCUT2D eigenvalue weighted by atomic mass is 35.5. The number of rotatable bonds is 4. The van der Waals surface area contributed by atoms with Gasteiger partial charge in [-0.05, 0) is 60.2 Å². The van der Waals surface area contributed by atoms with Gasteiger partial charge in [-0.15, -0.1) is 0 Å². The Kier molecular flexibility index (Phi) is 5.14. The van der Waals surface area contributed by atoms with Gasteiger partial charge in [-0.1, -0.05) is 58.7 Å². The van der Waals surface area contributed by atoms with E-state index in [2.05, 4.69) is 4.57 Å². The second-order valence-corrected chi connectivity index (χ2v) is 8.01. The molecule has 26 heavy (non-hydrogen) atoms. The molecule has 0 atom stereocenters. The molecular weight excluding hydrogens is 407 g/mol. The van der Waals surface area contributed by atoms with Crippen LogP contribution in [0.25, 0.3) is 16.7 Å². The third-order valence-electron chi connectivity index (χ3n) is 3.95. The molecular formula is C20H13Cl3N2S. The van der Waals surface area contributed by atoms with E-state index in [1.807, 2.05) is 66.7 Å². The third kappa shape index (κ3) is 3.72. The second kappa shape index (κ2) is 7.53. The van der Waals surface area contributed by atoms with E-state index in [-0.39, 0.29) is 0 Å². The number of halogens is 3. The maximum absolute atomic E-state index is 6.22. The van der Waals surface area contributed by atoms with Gasteiger partial charge in [-0.3, -0.25) is 4.57 Å². The van der Waals surface area contributed by atoms with Crippen molar-refractivity contribution in [1.82, 2.24) is 9.55 Å². The van der Waals surface area contributed by atoms with E-state index < -0.39 is 0 Å². The van der Waals surface area contributed by atoms with Crippen molar-refractivity contribution in [3.63, 3.8) is 0 Å². The average Bonchev–Trinajstić information content (AvgIpc) is 2.99. The van der Waals surface area contributed by atoms with Crippen LogP contribution in [-0.4, -0.2) is 9.55 Å². The lowest BCUT2D eigenvalue weighted by Crippen LogP contribution is -1.96. The van der Waals surface area contributed by atoms with Crippen LogP contribution in [0.4, 0.5) is 0 Å². The van der Waals surface area contributed by atoms with Gasteiger partial charge in [0.15, 0.2) is 5.16 Å². The molecule has 1 heterocycles. The molecule has 0 fully saturated rings. The fraction of sp³-hybridized carbons (Fsp3) is 0.0500. The molecule has 0 unspecified atom stereocenters. The number of nitrogens with zero attached hydrogens (tertiary/aromatic N) is 2. The zero-order valence-electron chi connectivity index (χ0n) is 13.5. The number of hydrogen-bond donors (Lipinski definition) is 0. The Morgan fingerprint density at radius 2 is 1.38 bits per heavy atom. The summed E-state index contributed by atoms with van der Waals surface area (Å²) in [7, 11) is 0. The Morgan fingerprint density at radius 1 is 0.769 bits per heavy atom. The van der Waals surface area contributed by atoms with Gasteiger partial charge < -0.3 is 0 Å². The Labute approximate surface area is 170 Å². The lowest BCUT2D eigenvalue weighted by molar-refractivity contribution is 0.919. The van der Waals surface area contributed by atoms with E-state index in [0.29, 0.717) is 10.0 Å². The van der Waals surface area contributed by atoms with Crippen LogP contribution in [0, 0.1) is 0 Å². The summed E-state index contributed by atoms with van der Waals surface area (Å²) < 4.78 is 2.11. The highest BCUT2D eigenvalue weighted by Gasteiger charge is 2.14. The van der Waals surface area contributed by atoms with Crippen molar-refractivity contribution in [3.05, 3.63) is 87.4 Å². The quantitative estimate of drug-likeness (QED) is 0.323. The van der Waals surface area contributed by atoms with Crippen molar-refractivity contribution in [1.29, 1.82) is 0 Å². The molecule has 0 radical (unpaired) electrons. The Balaban J connectivity index is 1.76. The van der Waals surface area contributed by atoms with Crippen molar-refractivity contribution in [3.8, 4) is 5.69 Å². The summed E-state index contributed by atoms with van der Waals surface area (Å²) in [5, 5.41) is 3.02. The molecule has 2 nitrogen and oxygen atoms in total. The summed E-state index contributed by atoms with van der Waals surface area (Å²) in [6.07, 6.45) is 0. The summed E-state index contributed by atoms with van der Waals surface area (Å²) >= 11 is 19.9. The number of benzene rings is 3. The van der Waals surface area contributed by atoms with Crippen molar-refractivity contribution in [2.45, 2.75) is 10.9 Å². The molecule has 4 rings (SSSR count). The van der Waals surface area contributed by atoms with E-state index in [9.17, 15) is 0 Å². The molecule has 0 saturated carbocycles. The maximum atomic E-state index is 6.22. The minimum atomic E-state index is 0.682. The monoisotopic (exact) mass is 418 g/mol. The molecule has 0 aliphatic carbocycles. The van der Waals surface area contributed by atoms with Crippen LogP contribution in [0.1, 0.15) is 5.56 Å². The van der Waals surface area contributed by atoms with Gasteiger partial charge in [-0.25, -0.2) is 4.98 Å². The molecule has 1 aromatic heterocycles. The van der Waals surface area contributed by atoms with E-state index in [1.54, 1.807) is 11.8 Å². The van der Waals surface area contributed by atoms with Crippen molar-refractivity contribution >= 4 is 57.6 Å². The molecule has 4 aromatic rings. The molecule has 3 aromatic carbocycles. The van der Waals surface area contributed by atoms with Crippen molar-refractivity contribution in [2.24, 2.45) is 0 Å². The Hall–Kier alpha value is -1.65.